The third-order valence-electron chi connectivity index (χ3n) is 2.53. The van der Waals surface area contributed by atoms with Gasteiger partial charge in [0.15, 0.2) is 0 Å². The first-order valence-corrected chi connectivity index (χ1v) is 5.71. The zero-order valence-electron chi connectivity index (χ0n) is 10.4. The number of esters is 1. The van der Waals surface area contributed by atoms with Gasteiger partial charge in [0.1, 0.15) is 24.8 Å². The first-order chi connectivity index (χ1) is 9.58. The summed E-state index contributed by atoms with van der Waals surface area (Å²) in [7, 11) is 0. The van der Waals surface area contributed by atoms with Crippen molar-refractivity contribution in [3.8, 4) is 6.07 Å². The highest BCUT2D eigenvalue weighted by Crippen LogP contribution is 2.12. The molecule has 0 spiro atoms. The lowest BCUT2D eigenvalue weighted by Crippen LogP contribution is -2.14. The molecule has 0 aliphatic heterocycles. The quantitative estimate of drug-likeness (QED) is 0.846. The molecule has 0 unspecified atom stereocenters. The number of nitriles is 1. The number of nitrogens with zero attached hydrogens (tertiary/aromatic N) is 3. The maximum absolute atomic E-state index is 13.1. The molecule has 1 heterocycles. The van der Waals surface area contributed by atoms with E-state index in [2.05, 4.69) is 5.10 Å². The lowest BCUT2D eigenvalue weighted by Gasteiger charge is -2.06. The van der Waals surface area contributed by atoms with E-state index >= 15 is 0 Å². The van der Waals surface area contributed by atoms with Crippen LogP contribution in [0.2, 0.25) is 0 Å². The van der Waals surface area contributed by atoms with Gasteiger partial charge in [-0.15, -0.1) is 0 Å². The molecule has 0 saturated carbocycles. The Morgan fingerprint density at radius 2 is 2.30 bits per heavy atom. The van der Waals surface area contributed by atoms with Crippen LogP contribution >= 0.6 is 0 Å². The summed E-state index contributed by atoms with van der Waals surface area (Å²) in [5, 5.41) is 12.7. The molecule has 2 aromatic rings. The van der Waals surface area contributed by atoms with Crippen molar-refractivity contribution in [2.75, 3.05) is 5.73 Å². The van der Waals surface area contributed by atoms with Crippen LogP contribution < -0.4 is 5.73 Å². The molecular weight excluding hydrogens is 263 g/mol. The number of carbonyl (C=O) groups is 1. The van der Waals surface area contributed by atoms with Gasteiger partial charge < -0.3 is 10.5 Å². The number of halogens is 1. The zero-order chi connectivity index (χ0) is 14.5. The van der Waals surface area contributed by atoms with E-state index in [1.807, 2.05) is 6.07 Å². The van der Waals surface area contributed by atoms with Crippen LogP contribution in [0.1, 0.15) is 11.1 Å². The van der Waals surface area contributed by atoms with Crippen LogP contribution in [0.15, 0.2) is 30.5 Å². The number of nitrogens with two attached hydrogens (primary N) is 1. The molecule has 0 bridgehead atoms. The fraction of sp³-hybridized carbons (Fsp3) is 0.154. The van der Waals surface area contributed by atoms with Crippen molar-refractivity contribution in [1.29, 1.82) is 5.26 Å². The van der Waals surface area contributed by atoms with Crippen molar-refractivity contribution in [3.05, 3.63) is 47.4 Å². The summed E-state index contributed by atoms with van der Waals surface area (Å²) in [5.41, 5.74) is 6.00. The number of nitrogen functional groups attached to an aromatic ring is 1. The minimum Gasteiger partial charge on any atom is -0.459 e. The highest BCUT2D eigenvalue weighted by molar-refractivity contribution is 5.69. The second-order valence-electron chi connectivity index (χ2n) is 4.01. The first kappa shape index (κ1) is 13.5. The predicted molar refractivity (Wildman–Crippen MR) is 67.6 cm³/mol. The molecule has 0 aliphatic rings. The van der Waals surface area contributed by atoms with Crippen molar-refractivity contribution in [2.45, 2.75) is 13.2 Å². The topological polar surface area (TPSA) is 93.9 Å². The average molecular weight is 274 g/mol. The number of carbonyl (C=O) groups excluding carboxylic acids is 1. The number of rotatable bonds is 4. The van der Waals surface area contributed by atoms with Crippen molar-refractivity contribution in [2.24, 2.45) is 0 Å². The van der Waals surface area contributed by atoms with Crippen LogP contribution in [-0.2, 0) is 22.7 Å². The second kappa shape index (κ2) is 5.84. The van der Waals surface area contributed by atoms with Gasteiger partial charge in [0.25, 0.3) is 0 Å². The number of anilines is 1. The van der Waals surface area contributed by atoms with E-state index < -0.39 is 11.8 Å². The maximum Gasteiger partial charge on any atom is 0.328 e. The van der Waals surface area contributed by atoms with Gasteiger partial charge in [0.05, 0.1) is 11.6 Å². The molecule has 20 heavy (non-hydrogen) atoms. The molecule has 0 saturated heterocycles. The third kappa shape index (κ3) is 3.32. The molecule has 0 aliphatic carbocycles. The van der Waals surface area contributed by atoms with Crippen LogP contribution in [-0.4, -0.2) is 15.7 Å². The van der Waals surface area contributed by atoms with Gasteiger partial charge in [-0.1, -0.05) is 0 Å². The van der Waals surface area contributed by atoms with E-state index in [1.165, 1.54) is 16.8 Å². The maximum atomic E-state index is 13.1. The summed E-state index contributed by atoms with van der Waals surface area (Å²) < 4.78 is 19.4. The van der Waals surface area contributed by atoms with Gasteiger partial charge in [-0.2, -0.15) is 10.4 Å². The van der Waals surface area contributed by atoms with Crippen LogP contribution in [0.4, 0.5) is 10.2 Å². The van der Waals surface area contributed by atoms with Crippen molar-refractivity contribution < 1.29 is 13.9 Å². The van der Waals surface area contributed by atoms with Crippen LogP contribution in [0.25, 0.3) is 0 Å². The fourth-order valence-corrected chi connectivity index (χ4v) is 1.59. The zero-order valence-corrected chi connectivity index (χ0v) is 10.4. The molecule has 1 aromatic carbocycles. The Labute approximate surface area is 114 Å². The van der Waals surface area contributed by atoms with Crippen LogP contribution in [0.5, 0.6) is 0 Å². The summed E-state index contributed by atoms with van der Waals surface area (Å²) >= 11 is 0. The Hall–Kier alpha value is -2.88. The van der Waals surface area contributed by atoms with Crippen molar-refractivity contribution in [1.82, 2.24) is 9.78 Å². The SMILES string of the molecule is N#Cc1ccc(F)cc1COC(=O)Cn1ccc(N)n1. The summed E-state index contributed by atoms with van der Waals surface area (Å²) in [4.78, 5) is 11.6. The van der Waals surface area contributed by atoms with E-state index in [4.69, 9.17) is 15.7 Å². The van der Waals surface area contributed by atoms with Crippen LogP contribution in [0, 0.1) is 17.1 Å². The summed E-state index contributed by atoms with van der Waals surface area (Å²) in [6, 6.07) is 7.14. The number of benzene rings is 1. The van der Waals surface area contributed by atoms with E-state index in [-0.39, 0.29) is 18.7 Å². The average Bonchev–Trinajstić information content (AvgIpc) is 2.82. The smallest absolute Gasteiger partial charge is 0.328 e. The minimum atomic E-state index is -0.554. The van der Waals surface area contributed by atoms with Crippen molar-refractivity contribution >= 4 is 11.8 Å². The molecular formula is C13H11FN4O2. The van der Waals surface area contributed by atoms with Gasteiger partial charge in [-0.05, 0) is 24.3 Å². The molecule has 0 radical (unpaired) electrons. The molecule has 1 aromatic heterocycles. The molecule has 0 fully saturated rings. The highest BCUT2D eigenvalue weighted by atomic mass is 19.1. The molecule has 6 nitrogen and oxygen atoms in total. The number of aromatic nitrogens is 2. The van der Waals surface area contributed by atoms with Gasteiger partial charge in [-0.3, -0.25) is 9.48 Å². The molecule has 0 amide bonds. The molecule has 7 heteroatoms. The Kier molecular flexibility index (Phi) is 3.96. The third-order valence-corrected chi connectivity index (χ3v) is 2.53. The Balaban J connectivity index is 1.97. The lowest BCUT2D eigenvalue weighted by atomic mass is 10.1. The standard InChI is InChI=1S/C13H11FN4O2/c14-11-2-1-9(6-15)10(5-11)8-20-13(19)7-18-4-3-12(16)17-18/h1-5H,7-8H2,(H2,16,17). The molecule has 2 N–H and O–H groups in total. The number of ether oxygens (including phenoxy) is 1. The Bertz CT molecular complexity index is 675. The fourth-order valence-electron chi connectivity index (χ4n) is 1.59. The minimum absolute atomic E-state index is 0.103. The normalized spacial score (nSPS) is 10.0. The largest absolute Gasteiger partial charge is 0.459 e. The number of hydrogen-bond acceptors (Lipinski definition) is 5. The van der Waals surface area contributed by atoms with Gasteiger partial charge >= 0.3 is 5.97 Å². The number of hydrogen-bond donors (Lipinski definition) is 1. The first-order valence-electron chi connectivity index (χ1n) is 5.71. The van der Waals surface area contributed by atoms with E-state index in [1.54, 1.807) is 12.3 Å². The highest BCUT2D eigenvalue weighted by Gasteiger charge is 2.09. The van der Waals surface area contributed by atoms with Crippen molar-refractivity contribution in [3.63, 3.8) is 0 Å². The Morgan fingerprint density at radius 1 is 1.50 bits per heavy atom. The monoisotopic (exact) mass is 274 g/mol. The molecule has 102 valence electrons. The van der Waals surface area contributed by atoms with E-state index in [9.17, 15) is 9.18 Å². The van der Waals surface area contributed by atoms with Gasteiger partial charge in [0.2, 0.25) is 0 Å². The predicted octanol–water partition coefficient (Wildman–Crippen LogP) is 1.22. The lowest BCUT2D eigenvalue weighted by molar-refractivity contribution is -0.145. The van der Waals surface area contributed by atoms with E-state index in [0.717, 1.165) is 6.07 Å². The summed E-state index contributed by atoms with van der Waals surface area (Å²) in [6.07, 6.45) is 1.54. The second-order valence-corrected chi connectivity index (χ2v) is 4.01. The molecule has 0 atom stereocenters. The van der Waals surface area contributed by atoms with Crippen LogP contribution in [0.3, 0.4) is 0 Å². The summed E-state index contributed by atoms with van der Waals surface area (Å²) in [5.74, 6) is -0.745. The Morgan fingerprint density at radius 3 is 2.95 bits per heavy atom. The van der Waals surface area contributed by atoms with Gasteiger partial charge in [0, 0.05) is 11.8 Å². The van der Waals surface area contributed by atoms with Gasteiger partial charge in [-0.25, -0.2) is 4.39 Å². The molecule has 2 rings (SSSR count). The van der Waals surface area contributed by atoms with E-state index in [0.29, 0.717) is 11.4 Å². The summed E-state index contributed by atoms with van der Waals surface area (Å²) in [6.45, 7) is -0.273.